The molecule has 0 spiro atoms. The van der Waals surface area contributed by atoms with Gasteiger partial charge in [0.2, 0.25) is 0 Å². The van der Waals surface area contributed by atoms with Gasteiger partial charge in [0, 0.05) is 25.4 Å². The molecular formula is C12H14IN3O. The molecule has 1 heterocycles. The highest BCUT2D eigenvalue weighted by atomic mass is 127. The van der Waals surface area contributed by atoms with Crippen molar-refractivity contribution in [2.24, 2.45) is 12.8 Å². The minimum absolute atomic E-state index is 0.153. The highest BCUT2D eigenvalue weighted by Crippen LogP contribution is 2.25. The number of nitrogens with two attached hydrogens (primary N) is 1. The average molecular weight is 343 g/mol. The summed E-state index contributed by atoms with van der Waals surface area (Å²) in [5, 5.41) is 4.13. The monoisotopic (exact) mass is 343 g/mol. The van der Waals surface area contributed by atoms with Crippen molar-refractivity contribution in [3.63, 3.8) is 0 Å². The molecule has 2 N–H and O–H groups in total. The third kappa shape index (κ3) is 2.98. The lowest BCUT2D eigenvalue weighted by molar-refractivity contribution is 0.212. The SMILES string of the molecule is Cn1cc(C(CN)Oc2ccccc2I)cn1. The van der Waals surface area contributed by atoms with Crippen LogP contribution in [-0.2, 0) is 7.05 Å². The molecule has 0 saturated heterocycles. The third-order valence-corrected chi connectivity index (χ3v) is 3.31. The summed E-state index contributed by atoms with van der Waals surface area (Å²) in [6.07, 6.45) is 3.56. The molecule has 0 fully saturated rings. The van der Waals surface area contributed by atoms with E-state index in [0.717, 1.165) is 14.9 Å². The Labute approximate surface area is 114 Å². The summed E-state index contributed by atoms with van der Waals surface area (Å²) < 4.78 is 8.73. The van der Waals surface area contributed by atoms with Crippen LogP contribution >= 0.6 is 22.6 Å². The van der Waals surface area contributed by atoms with Crippen LogP contribution < -0.4 is 10.5 Å². The number of benzene rings is 1. The van der Waals surface area contributed by atoms with Gasteiger partial charge in [-0.05, 0) is 34.7 Å². The van der Waals surface area contributed by atoms with Crippen molar-refractivity contribution in [1.29, 1.82) is 0 Å². The Bertz CT molecular complexity index is 498. The fourth-order valence-corrected chi connectivity index (χ4v) is 2.07. The second kappa shape index (κ2) is 5.50. The summed E-state index contributed by atoms with van der Waals surface area (Å²) in [7, 11) is 1.88. The fourth-order valence-electron chi connectivity index (χ4n) is 1.55. The lowest BCUT2D eigenvalue weighted by atomic mass is 10.2. The second-order valence-electron chi connectivity index (χ2n) is 3.72. The van der Waals surface area contributed by atoms with E-state index in [4.69, 9.17) is 10.5 Å². The summed E-state index contributed by atoms with van der Waals surface area (Å²) >= 11 is 2.25. The summed E-state index contributed by atoms with van der Waals surface area (Å²) in [4.78, 5) is 0. The molecule has 4 nitrogen and oxygen atoms in total. The fraction of sp³-hybridized carbons (Fsp3) is 0.250. The molecule has 2 rings (SSSR count). The molecule has 0 aliphatic carbocycles. The van der Waals surface area contributed by atoms with Crippen LogP contribution in [0.3, 0.4) is 0 Å². The van der Waals surface area contributed by atoms with Crippen LogP contribution in [0.1, 0.15) is 11.7 Å². The molecule has 1 aromatic heterocycles. The highest BCUT2D eigenvalue weighted by Gasteiger charge is 2.14. The van der Waals surface area contributed by atoms with Crippen LogP contribution in [0, 0.1) is 3.57 Å². The van der Waals surface area contributed by atoms with E-state index in [1.54, 1.807) is 10.9 Å². The smallest absolute Gasteiger partial charge is 0.139 e. The quantitative estimate of drug-likeness (QED) is 0.865. The van der Waals surface area contributed by atoms with Gasteiger partial charge >= 0.3 is 0 Å². The molecule has 1 unspecified atom stereocenters. The average Bonchev–Trinajstić information content (AvgIpc) is 2.75. The molecule has 0 bridgehead atoms. The lowest BCUT2D eigenvalue weighted by Gasteiger charge is -2.16. The van der Waals surface area contributed by atoms with Gasteiger partial charge in [-0.2, -0.15) is 5.10 Å². The van der Waals surface area contributed by atoms with Crippen molar-refractivity contribution in [2.45, 2.75) is 6.10 Å². The number of nitrogens with zero attached hydrogens (tertiary/aromatic N) is 2. The maximum atomic E-state index is 5.91. The Morgan fingerprint density at radius 2 is 2.24 bits per heavy atom. The summed E-state index contributed by atoms with van der Waals surface area (Å²) in [6.45, 7) is 0.427. The van der Waals surface area contributed by atoms with Gasteiger partial charge in [0.15, 0.2) is 0 Å². The van der Waals surface area contributed by atoms with Crippen LogP contribution in [-0.4, -0.2) is 16.3 Å². The Morgan fingerprint density at radius 1 is 1.47 bits per heavy atom. The van der Waals surface area contributed by atoms with Gasteiger partial charge in [-0.15, -0.1) is 0 Å². The van der Waals surface area contributed by atoms with E-state index < -0.39 is 0 Å². The molecule has 0 saturated carbocycles. The van der Waals surface area contributed by atoms with Crippen LogP contribution in [0.4, 0.5) is 0 Å². The maximum absolute atomic E-state index is 5.91. The molecule has 0 aliphatic heterocycles. The van der Waals surface area contributed by atoms with E-state index in [0.29, 0.717) is 6.54 Å². The van der Waals surface area contributed by atoms with Crippen LogP contribution in [0.25, 0.3) is 0 Å². The molecule has 2 aromatic rings. The number of hydrogen-bond donors (Lipinski definition) is 1. The zero-order valence-corrected chi connectivity index (χ0v) is 11.7. The molecule has 1 atom stereocenters. The first-order valence-corrected chi connectivity index (χ1v) is 6.38. The maximum Gasteiger partial charge on any atom is 0.139 e. The minimum Gasteiger partial charge on any atom is -0.483 e. The number of aromatic nitrogens is 2. The zero-order valence-electron chi connectivity index (χ0n) is 9.51. The minimum atomic E-state index is -0.153. The number of rotatable bonds is 4. The second-order valence-corrected chi connectivity index (χ2v) is 4.88. The van der Waals surface area contributed by atoms with Crippen molar-refractivity contribution < 1.29 is 4.74 Å². The normalized spacial score (nSPS) is 12.4. The van der Waals surface area contributed by atoms with Crippen LogP contribution in [0.2, 0.25) is 0 Å². The predicted molar refractivity (Wildman–Crippen MR) is 74.8 cm³/mol. The summed E-state index contributed by atoms with van der Waals surface area (Å²) in [5.74, 6) is 0.854. The number of ether oxygens (including phenoxy) is 1. The molecule has 5 heteroatoms. The number of para-hydroxylation sites is 1. The van der Waals surface area contributed by atoms with Crippen LogP contribution in [0.15, 0.2) is 36.7 Å². The highest BCUT2D eigenvalue weighted by molar-refractivity contribution is 14.1. The Hall–Kier alpha value is -1.08. The summed E-state index contributed by atoms with van der Waals surface area (Å²) in [5.41, 5.74) is 6.74. The number of aryl methyl sites for hydroxylation is 1. The third-order valence-electron chi connectivity index (χ3n) is 2.42. The van der Waals surface area contributed by atoms with E-state index >= 15 is 0 Å². The van der Waals surface area contributed by atoms with E-state index in [1.807, 2.05) is 37.5 Å². The lowest BCUT2D eigenvalue weighted by Crippen LogP contribution is -2.18. The summed E-state index contributed by atoms with van der Waals surface area (Å²) in [6, 6.07) is 7.89. The van der Waals surface area contributed by atoms with Crippen molar-refractivity contribution >= 4 is 22.6 Å². The molecule has 90 valence electrons. The Morgan fingerprint density at radius 3 is 2.82 bits per heavy atom. The molecule has 17 heavy (non-hydrogen) atoms. The largest absolute Gasteiger partial charge is 0.483 e. The number of hydrogen-bond acceptors (Lipinski definition) is 3. The van der Waals surface area contributed by atoms with Gasteiger partial charge in [-0.3, -0.25) is 4.68 Å². The van der Waals surface area contributed by atoms with E-state index in [2.05, 4.69) is 27.7 Å². The number of halogens is 1. The van der Waals surface area contributed by atoms with Gasteiger partial charge in [-0.25, -0.2) is 0 Å². The van der Waals surface area contributed by atoms with Crippen molar-refractivity contribution in [3.8, 4) is 5.75 Å². The van der Waals surface area contributed by atoms with Gasteiger partial charge in [0.05, 0.1) is 9.77 Å². The topological polar surface area (TPSA) is 53.1 Å². The van der Waals surface area contributed by atoms with Gasteiger partial charge in [0.25, 0.3) is 0 Å². The molecule has 0 aliphatic rings. The first-order valence-electron chi connectivity index (χ1n) is 5.30. The van der Waals surface area contributed by atoms with Gasteiger partial charge < -0.3 is 10.5 Å². The standard InChI is InChI=1S/C12H14IN3O/c1-16-8-9(7-15-16)12(6-14)17-11-5-3-2-4-10(11)13/h2-5,7-8,12H,6,14H2,1H3. The first kappa shape index (κ1) is 12.4. The van der Waals surface area contributed by atoms with E-state index in [9.17, 15) is 0 Å². The van der Waals surface area contributed by atoms with Crippen molar-refractivity contribution in [3.05, 3.63) is 45.8 Å². The molecule has 1 aromatic carbocycles. The van der Waals surface area contributed by atoms with Gasteiger partial charge in [0.1, 0.15) is 11.9 Å². The van der Waals surface area contributed by atoms with Gasteiger partial charge in [-0.1, -0.05) is 12.1 Å². The Kier molecular flexibility index (Phi) is 4.01. The van der Waals surface area contributed by atoms with Crippen molar-refractivity contribution in [2.75, 3.05) is 6.54 Å². The Balaban J connectivity index is 2.18. The van der Waals surface area contributed by atoms with E-state index in [1.165, 1.54) is 0 Å². The molecule has 0 radical (unpaired) electrons. The first-order chi connectivity index (χ1) is 8.20. The molecule has 0 amide bonds. The van der Waals surface area contributed by atoms with Crippen molar-refractivity contribution in [1.82, 2.24) is 9.78 Å². The molecular weight excluding hydrogens is 329 g/mol. The van der Waals surface area contributed by atoms with E-state index in [-0.39, 0.29) is 6.10 Å². The van der Waals surface area contributed by atoms with Crippen LogP contribution in [0.5, 0.6) is 5.75 Å². The predicted octanol–water partition coefficient (Wildman–Crippen LogP) is 2.10. The zero-order chi connectivity index (χ0) is 12.3.